The van der Waals surface area contributed by atoms with E-state index in [9.17, 15) is 4.79 Å². The predicted octanol–water partition coefficient (Wildman–Crippen LogP) is 1.36. The summed E-state index contributed by atoms with van der Waals surface area (Å²) in [5, 5.41) is 4.09. The molecule has 0 spiro atoms. The van der Waals surface area contributed by atoms with Gasteiger partial charge in [-0.3, -0.25) is 9.78 Å². The number of fused-ring (bicyclic) bond motifs is 1. The SMILES string of the molecule is Cn1cncc1-c1ccc2cnc(CC(=O)C3CNC3)cc2n1. The summed E-state index contributed by atoms with van der Waals surface area (Å²) in [6, 6.07) is 5.88. The fourth-order valence-electron chi connectivity index (χ4n) is 2.74. The number of rotatable bonds is 4. The molecular formula is C17H17N5O. The lowest BCUT2D eigenvalue weighted by molar-refractivity contribution is -0.123. The Bertz CT molecular complexity index is 882. The molecule has 0 radical (unpaired) electrons. The molecule has 4 rings (SSSR count). The molecule has 0 aliphatic carbocycles. The van der Waals surface area contributed by atoms with E-state index >= 15 is 0 Å². The van der Waals surface area contributed by atoms with Crippen molar-refractivity contribution >= 4 is 16.7 Å². The topological polar surface area (TPSA) is 72.7 Å². The molecule has 3 aromatic heterocycles. The van der Waals surface area contributed by atoms with Gasteiger partial charge in [-0.05, 0) is 18.2 Å². The second-order valence-corrected chi connectivity index (χ2v) is 5.95. The van der Waals surface area contributed by atoms with E-state index in [0.717, 1.165) is 41.1 Å². The van der Waals surface area contributed by atoms with E-state index in [4.69, 9.17) is 4.98 Å². The summed E-state index contributed by atoms with van der Waals surface area (Å²) in [6.07, 6.45) is 5.71. The van der Waals surface area contributed by atoms with Crippen LogP contribution in [0.1, 0.15) is 5.69 Å². The summed E-state index contributed by atoms with van der Waals surface area (Å²) in [6.45, 7) is 1.57. The molecule has 0 amide bonds. The normalized spacial score (nSPS) is 14.8. The fourth-order valence-corrected chi connectivity index (χ4v) is 2.74. The number of hydrogen-bond donors (Lipinski definition) is 1. The van der Waals surface area contributed by atoms with Crippen LogP contribution in [0.4, 0.5) is 0 Å². The molecule has 0 atom stereocenters. The lowest BCUT2D eigenvalue weighted by Crippen LogP contribution is -2.47. The Morgan fingerprint density at radius 1 is 1.35 bits per heavy atom. The Balaban J connectivity index is 1.66. The van der Waals surface area contributed by atoms with E-state index in [1.807, 2.05) is 29.8 Å². The van der Waals surface area contributed by atoms with Gasteiger partial charge in [0.25, 0.3) is 0 Å². The van der Waals surface area contributed by atoms with Gasteiger partial charge in [0.15, 0.2) is 0 Å². The monoisotopic (exact) mass is 307 g/mol. The standard InChI is InChI=1S/C17H17N5O/c1-22-10-19-9-16(22)14-3-2-11-8-20-13(4-15(11)21-14)5-17(23)12-6-18-7-12/h2-4,8-10,12,18H,5-7H2,1H3. The highest BCUT2D eigenvalue weighted by Crippen LogP contribution is 2.21. The van der Waals surface area contributed by atoms with E-state index in [-0.39, 0.29) is 11.7 Å². The molecule has 0 bridgehead atoms. The molecule has 1 N–H and O–H groups in total. The van der Waals surface area contributed by atoms with Crippen molar-refractivity contribution in [3.05, 3.63) is 42.6 Å². The number of aryl methyl sites for hydroxylation is 1. The van der Waals surface area contributed by atoms with Gasteiger partial charge in [0.1, 0.15) is 5.78 Å². The average Bonchev–Trinajstić information content (AvgIpc) is 2.91. The maximum atomic E-state index is 12.1. The van der Waals surface area contributed by atoms with Crippen LogP contribution in [0.3, 0.4) is 0 Å². The van der Waals surface area contributed by atoms with Gasteiger partial charge in [-0.2, -0.15) is 0 Å². The van der Waals surface area contributed by atoms with Crippen molar-refractivity contribution in [1.29, 1.82) is 0 Å². The Hall–Kier alpha value is -2.60. The van der Waals surface area contributed by atoms with E-state index in [0.29, 0.717) is 6.42 Å². The van der Waals surface area contributed by atoms with Gasteiger partial charge in [-0.15, -0.1) is 0 Å². The zero-order chi connectivity index (χ0) is 15.8. The van der Waals surface area contributed by atoms with Crippen LogP contribution in [0.25, 0.3) is 22.3 Å². The van der Waals surface area contributed by atoms with Crippen molar-refractivity contribution in [3.8, 4) is 11.4 Å². The van der Waals surface area contributed by atoms with E-state index in [2.05, 4.69) is 15.3 Å². The zero-order valence-electron chi connectivity index (χ0n) is 12.9. The van der Waals surface area contributed by atoms with Crippen molar-refractivity contribution < 1.29 is 4.79 Å². The van der Waals surface area contributed by atoms with Crippen LogP contribution in [0, 0.1) is 5.92 Å². The molecule has 4 heterocycles. The molecule has 116 valence electrons. The average molecular weight is 307 g/mol. The number of carbonyl (C=O) groups excluding carboxylic acids is 1. The van der Waals surface area contributed by atoms with Crippen molar-refractivity contribution in [2.45, 2.75) is 6.42 Å². The number of nitrogens with one attached hydrogen (secondary N) is 1. The van der Waals surface area contributed by atoms with Crippen LogP contribution in [-0.4, -0.2) is 38.4 Å². The molecular weight excluding hydrogens is 290 g/mol. The third-order valence-electron chi connectivity index (χ3n) is 4.30. The molecule has 1 saturated heterocycles. The summed E-state index contributed by atoms with van der Waals surface area (Å²) in [5.41, 5.74) is 3.46. The smallest absolute Gasteiger partial charge is 0.144 e. The third kappa shape index (κ3) is 2.61. The second kappa shape index (κ2) is 5.55. The van der Waals surface area contributed by atoms with Gasteiger partial charge in [0.05, 0.1) is 29.4 Å². The lowest BCUT2D eigenvalue weighted by atomic mass is 9.94. The Morgan fingerprint density at radius 3 is 2.91 bits per heavy atom. The number of Topliss-reactive ketones (excluding diaryl/α,β-unsaturated/α-hetero) is 1. The summed E-state index contributed by atoms with van der Waals surface area (Å²) < 4.78 is 1.93. The summed E-state index contributed by atoms with van der Waals surface area (Å²) >= 11 is 0. The number of imidazole rings is 1. The Kier molecular flexibility index (Phi) is 3.38. The quantitative estimate of drug-likeness (QED) is 0.788. The minimum Gasteiger partial charge on any atom is -0.332 e. The molecule has 1 fully saturated rings. The first kappa shape index (κ1) is 14.0. The molecule has 23 heavy (non-hydrogen) atoms. The molecule has 6 nitrogen and oxygen atoms in total. The largest absolute Gasteiger partial charge is 0.332 e. The third-order valence-corrected chi connectivity index (χ3v) is 4.30. The van der Waals surface area contributed by atoms with Crippen LogP contribution >= 0.6 is 0 Å². The van der Waals surface area contributed by atoms with Crippen LogP contribution < -0.4 is 5.32 Å². The van der Waals surface area contributed by atoms with Crippen LogP contribution in [0.5, 0.6) is 0 Å². The minimum atomic E-state index is 0.140. The molecule has 0 aromatic carbocycles. The number of nitrogens with zero attached hydrogens (tertiary/aromatic N) is 4. The van der Waals surface area contributed by atoms with Gasteiger partial charge in [0.2, 0.25) is 0 Å². The minimum absolute atomic E-state index is 0.140. The van der Waals surface area contributed by atoms with Gasteiger partial charge in [0, 0.05) is 49.8 Å². The predicted molar refractivity (Wildman–Crippen MR) is 86.8 cm³/mol. The summed E-state index contributed by atoms with van der Waals surface area (Å²) in [7, 11) is 1.94. The summed E-state index contributed by atoms with van der Waals surface area (Å²) in [5.74, 6) is 0.389. The highest BCUT2D eigenvalue weighted by atomic mass is 16.1. The van der Waals surface area contributed by atoms with Crippen LogP contribution in [0.2, 0.25) is 0 Å². The van der Waals surface area contributed by atoms with Gasteiger partial charge in [-0.25, -0.2) is 9.97 Å². The van der Waals surface area contributed by atoms with E-state index < -0.39 is 0 Å². The molecule has 1 aliphatic heterocycles. The molecule has 6 heteroatoms. The fraction of sp³-hybridized carbons (Fsp3) is 0.294. The first-order chi connectivity index (χ1) is 11.2. The van der Waals surface area contributed by atoms with E-state index in [1.54, 1.807) is 18.7 Å². The molecule has 3 aromatic rings. The number of hydrogen-bond acceptors (Lipinski definition) is 5. The second-order valence-electron chi connectivity index (χ2n) is 5.95. The summed E-state index contributed by atoms with van der Waals surface area (Å²) in [4.78, 5) is 25.3. The number of aromatic nitrogens is 4. The number of pyridine rings is 2. The first-order valence-corrected chi connectivity index (χ1v) is 7.66. The maximum absolute atomic E-state index is 12.1. The first-order valence-electron chi connectivity index (χ1n) is 7.66. The van der Waals surface area contributed by atoms with Gasteiger partial charge >= 0.3 is 0 Å². The molecule has 1 aliphatic rings. The van der Waals surface area contributed by atoms with Gasteiger partial charge < -0.3 is 9.88 Å². The van der Waals surface area contributed by atoms with Crippen molar-refractivity contribution in [2.24, 2.45) is 13.0 Å². The maximum Gasteiger partial charge on any atom is 0.144 e. The van der Waals surface area contributed by atoms with Crippen molar-refractivity contribution in [2.75, 3.05) is 13.1 Å². The van der Waals surface area contributed by atoms with Crippen molar-refractivity contribution in [3.63, 3.8) is 0 Å². The zero-order valence-corrected chi connectivity index (χ0v) is 12.9. The number of ketones is 1. The van der Waals surface area contributed by atoms with Crippen molar-refractivity contribution in [1.82, 2.24) is 24.8 Å². The molecule has 0 unspecified atom stereocenters. The highest BCUT2D eigenvalue weighted by Gasteiger charge is 2.24. The Labute approximate surface area is 133 Å². The number of carbonyl (C=O) groups is 1. The van der Waals surface area contributed by atoms with E-state index in [1.165, 1.54) is 0 Å². The highest BCUT2D eigenvalue weighted by molar-refractivity contribution is 5.86. The van der Waals surface area contributed by atoms with Crippen LogP contribution in [0.15, 0.2) is 36.9 Å². The van der Waals surface area contributed by atoms with Crippen LogP contribution in [-0.2, 0) is 18.3 Å². The molecule has 0 saturated carbocycles. The Morgan fingerprint density at radius 2 is 2.22 bits per heavy atom. The van der Waals surface area contributed by atoms with Gasteiger partial charge in [-0.1, -0.05) is 0 Å². The lowest BCUT2D eigenvalue weighted by Gasteiger charge is -2.25.